The van der Waals surface area contributed by atoms with E-state index in [2.05, 4.69) is 5.32 Å². The first-order valence-corrected chi connectivity index (χ1v) is 11.4. The van der Waals surface area contributed by atoms with Crippen LogP contribution in [0.25, 0.3) is 0 Å². The van der Waals surface area contributed by atoms with E-state index in [4.69, 9.17) is 0 Å². The lowest BCUT2D eigenvalue weighted by Crippen LogP contribution is -2.47. The molecule has 0 aliphatic carbocycles. The minimum Gasteiger partial charge on any atom is -0.326 e. The number of rotatable bonds is 5. The lowest BCUT2D eigenvalue weighted by molar-refractivity contribution is -0.121. The maximum absolute atomic E-state index is 12.9. The Bertz CT molecular complexity index is 1050. The van der Waals surface area contributed by atoms with Crippen molar-refractivity contribution in [2.24, 2.45) is 5.92 Å². The smallest absolute Gasteiger partial charge is 0.319 e. The maximum atomic E-state index is 12.9. The zero-order valence-corrected chi connectivity index (χ0v) is 18.9. The van der Waals surface area contributed by atoms with Crippen LogP contribution in [0.15, 0.2) is 48.5 Å². The topological polar surface area (TPSA) is 90.0 Å². The summed E-state index contributed by atoms with van der Waals surface area (Å²) < 4.78 is 0. The van der Waals surface area contributed by atoms with E-state index < -0.39 is 0 Å². The average molecular weight is 449 g/mol. The summed E-state index contributed by atoms with van der Waals surface area (Å²) >= 11 is 0. The van der Waals surface area contributed by atoms with E-state index >= 15 is 0 Å². The number of piperidine rings is 1. The molecule has 0 saturated carbocycles. The monoisotopic (exact) mass is 448 g/mol. The van der Waals surface area contributed by atoms with Gasteiger partial charge < -0.3 is 15.1 Å². The molecule has 0 unspecified atom stereocenters. The zero-order valence-electron chi connectivity index (χ0n) is 18.9. The summed E-state index contributed by atoms with van der Waals surface area (Å²) in [6.07, 6.45) is 1.19. The Morgan fingerprint density at radius 3 is 2.12 bits per heavy atom. The third kappa shape index (κ3) is 4.33. The lowest BCUT2D eigenvalue weighted by atomic mass is 9.96. The number of nitrogens with one attached hydrogen (secondary N) is 1. The normalized spacial score (nSPS) is 16.1. The number of fused-ring (bicyclic) bond motifs is 1. The SMILES string of the molecule is CCN(CC)C(=O)N1CCC(C(=O)Nc2cccc(N3C(=O)c4ccccc4C3=O)c2)CC1. The Hall–Kier alpha value is -3.68. The molecule has 2 aliphatic heterocycles. The molecule has 2 heterocycles. The van der Waals surface area contributed by atoms with Crippen molar-refractivity contribution in [3.05, 3.63) is 59.7 Å². The fraction of sp³-hybridized carbons (Fsp3) is 0.360. The first-order valence-electron chi connectivity index (χ1n) is 11.4. The number of likely N-dealkylation sites (tertiary alicyclic amines) is 1. The summed E-state index contributed by atoms with van der Waals surface area (Å²) in [6, 6.07) is 13.5. The number of hydrogen-bond acceptors (Lipinski definition) is 4. The first kappa shape index (κ1) is 22.5. The molecule has 0 spiro atoms. The number of imide groups is 1. The summed E-state index contributed by atoms with van der Waals surface area (Å²) in [5.74, 6) is -1.06. The highest BCUT2D eigenvalue weighted by atomic mass is 16.2. The van der Waals surface area contributed by atoms with Crippen LogP contribution in [0.3, 0.4) is 0 Å². The Morgan fingerprint density at radius 1 is 0.939 bits per heavy atom. The van der Waals surface area contributed by atoms with Crippen molar-refractivity contribution < 1.29 is 19.2 Å². The maximum Gasteiger partial charge on any atom is 0.319 e. The molecule has 2 aromatic rings. The molecule has 2 aliphatic rings. The van der Waals surface area contributed by atoms with E-state index in [9.17, 15) is 19.2 Å². The van der Waals surface area contributed by atoms with Gasteiger partial charge in [-0.1, -0.05) is 18.2 Å². The number of urea groups is 1. The first-order chi connectivity index (χ1) is 15.9. The largest absolute Gasteiger partial charge is 0.326 e. The van der Waals surface area contributed by atoms with Gasteiger partial charge in [-0.25, -0.2) is 9.69 Å². The van der Waals surface area contributed by atoms with E-state index in [1.807, 2.05) is 13.8 Å². The number of anilines is 2. The summed E-state index contributed by atoms with van der Waals surface area (Å²) in [6.45, 7) is 6.33. The van der Waals surface area contributed by atoms with Gasteiger partial charge in [0.2, 0.25) is 5.91 Å². The molecular formula is C25H28N4O4. The number of benzene rings is 2. The molecule has 33 heavy (non-hydrogen) atoms. The van der Waals surface area contributed by atoms with Crippen LogP contribution in [0.5, 0.6) is 0 Å². The van der Waals surface area contributed by atoms with Crippen LogP contribution in [0.4, 0.5) is 16.2 Å². The van der Waals surface area contributed by atoms with E-state index in [1.165, 1.54) is 0 Å². The molecule has 1 saturated heterocycles. The van der Waals surface area contributed by atoms with Crippen molar-refractivity contribution in [3.8, 4) is 0 Å². The van der Waals surface area contributed by atoms with Gasteiger partial charge in [0, 0.05) is 37.8 Å². The van der Waals surface area contributed by atoms with Crippen LogP contribution < -0.4 is 10.2 Å². The standard InChI is InChI=1S/C25H28N4O4/c1-3-27(4-2)25(33)28-14-12-17(13-15-28)22(30)26-18-8-7-9-19(16-18)29-23(31)20-10-5-6-11-21(20)24(29)32/h5-11,16-17H,3-4,12-15H2,1-2H3,(H,26,30). The van der Waals surface area contributed by atoms with Crippen molar-refractivity contribution in [3.63, 3.8) is 0 Å². The third-order valence-corrected chi connectivity index (χ3v) is 6.34. The second kappa shape index (κ2) is 9.44. The minimum absolute atomic E-state index is 0.0208. The third-order valence-electron chi connectivity index (χ3n) is 6.34. The molecule has 1 fully saturated rings. The fourth-order valence-corrected chi connectivity index (χ4v) is 4.42. The molecule has 8 nitrogen and oxygen atoms in total. The Labute approximate surface area is 193 Å². The highest BCUT2D eigenvalue weighted by molar-refractivity contribution is 6.34. The lowest BCUT2D eigenvalue weighted by Gasteiger charge is -2.34. The second-order valence-corrected chi connectivity index (χ2v) is 8.25. The predicted octanol–water partition coefficient (Wildman–Crippen LogP) is 3.60. The molecule has 0 bridgehead atoms. The van der Waals surface area contributed by atoms with Crippen LogP contribution >= 0.6 is 0 Å². The van der Waals surface area contributed by atoms with E-state index in [-0.39, 0.29) is 29.7 Å². The second-order valence-electron chi connectivity index (χ2n) is 8.25. The molecular weight excluding hydrogens is 420 g/mol. The number of nitrogens with zero attached hydrogens (tertiary/aromatic N) is 3. The Balaban J connectivity index is 1.40. The van der Waals surface area contributed by atoms with E-state index in [0.29, 0.717) is 61.5 Å². The van der Waals surface area contributed by atoms with Gasteiger partial charge in [-0.05, 0) is 57.0 Å². The highest BCUT2D eigenvalue weighted by Gasteiger charge is 2.36. The number of hydrogen-bond donors (Lipinski definition) is 1. The van der Waals surface area contributed by atoms with Crippen molar-refractivity contribution >= 4 is 35.1 Å². The van der Waals surface area contributed by atoms with E-state index in [0.717, 1.165) is 4.90 Å². The van der Waals surface area contributed by atoms with Gasteiger partial charge in [-0.3, -0.25) is 14.4 Å². The van der Waals surface area contributed by atoms with Crippen LogP contribution in [-0.4, -0.2) is 59.7 Å². The zero-order chi connectivity index (χ0) is 23.5. The highest BCUT2D eigenvalue weighted by Crippen LogP contribution is 2.30. The number of carbonyl (C=O) groups excluding carboxylic acids is 4. The van der Waals surface area contributed by atoms with Crippen molar-refractivity contribution in [2.45, 2.75) is 26.7 Å². The summed E-state index contributed by atoms with van der Waals surface area (Å²) in [7, 11) is 0. The van der Waals surface area contributed by atoms with Crippen LogP contribution in [0.2, 0.25) is 0 Å². The summed E-state index contributed by atoms with van der Waals surface area (Å²) in [4.78, 5) is 55.6. The van der Waals surface area contributed by atoms with Gasteiger partial charge in [-0.15, -0.1) is 0 Å². The van der Waals surface area contributed by atoms with E-state index in [1.54, 1.807) is 58.3 Å². The van der Waals surface area contributed by atoms with Crippen molar-refractivity contribution in [1.82, 2.24) is 9.80 Å². The molecule has 0 aromatic heterocycles. The predicted molar refractivity (Wildman–Crippen MR) is 125 cm³/mol. The molecule has 8 heteroatoms. The molecule has 0 atom stereocenters. The average Bonchev–Trinajstić information content (AvgIpc) is 3.10. The van der Waals surface area contributed by atoms with Gasteiger partial charge in [0.25, 0.3) is 11.8 Å². The molecule has 1 N–H and O–H groups in total. The van der Waals surface area contributed by atoms with Crippen LogP contribution in [0, 0.1) is 5.92 Å². The number of amides is 5. The van der Waals surface area contributed by atoms with Crippen LogP contribution in [0.1, 0.15) is 47.4 Å². The Morgan fingerprint density at radius 2 is 1.55 bits per heavy atom. The quantitative estimate of drug-likeness (QED) is 0.708. The summed E-state index contributed by atoms with van der Waals surface area (Å²) in [5.41, 5.74) is 1.69. The molecule has 2 aromatic carbocycles. The summed E-state index contributed by atoms with van der Waals surface area (Å²) in [5, 5.41) is 2.91. The van der Waals surface area contributed by atoms with Gasteiger partial charge >= 0.3 is 6.03 Å². The fourth-order valence-electron chi connectivity index (χ4n) is 4.42. The minimum atomic E-state index is -0.371. The van der Waals surface area contributed by atoms with Gasteiger partial charge in [0.1, 0.15) is 0 Å². The van der Waals surface area contributed by atoms with Gasteiger partial charge in [0.05, 0.1) is 16.8 Å². The molecule has 4 rings (SSSR count). The van der Waals surface area contributed by atoms with Gasteiger partial charge in [-0.2, -0.15) is 0 Å². The van der Waals surface area contributed by atoms with Gasteiger partial charge in [0.15, 0.2) is 0 Å². The molecule has 0 radical (unpaired) electrons. The molecule has 5 amide bonds. The van der Waals surface area contributed by atoms with Crippen molar-refractivity contribution in [2.75, 3.05) is 36.4 Å². The molecule has 172 valence electrons. The Kier molecular flexibility index (Phi) is 6.44. The van der Waals surface area contributed by atoms with Crippen LogP contribution in [-0.2, 0) is 4.79 Å². The van der Waals surface area contributed by atoms with Crippen molar-refractivity contribution in [1.29, 1.82) is 0 Å². The number of carbonyl (C=O) groups is 4.